The number of nitrogens with one attached hydrogen (secondary N) is 1. The average molecular weight is 328 g/mol. The normalized spacial score (nSPS) is 11.0. The van der Waals surface area contributed by atoms with Gasteiger partial charge in [0.2, 0.25) is 11.4 Å². The monoisotopic (exact) mass is 328 g/mol. The standard InChI is InChI=1S/C13H20N4O6/c1-5-22-11(19)13(14-9(4)18,12(20)23-6-2)7-10-8(3)15-16-17(10)21/h21H,5-7H2,1-4H3,(H,14,18). The Kier molecular flexibility index (Phi) is 6.05. The molecule has 0 unspecified atom stereocenters. The summed E-state index contributed by atoms with van der Waals surface area (Å²) in [6.07, 6.45) is -0.417. The summed E-state index contributed by atoms with van der Waals surface area (Å²) < 4.78 is 9.84. The lowest BCUT2D eigenvalue weighted by Gasteiger charge is -2.29. The number of ether oxygens (including phenoxy) is 2. The highest BCUT2D eigenvalue weighted by Gasteiger charge is 2.51. The van der Waals surface area contributed by atoms with Crippen LogP contribution in [-0.2, 0) is 30.3 Å². The number of aromatic nitrogens is 3. The van der Waals surface area contributed by atoms with E-state index in [2.05, 4.69) is 15.6 Å². The number of esters is 2. The molecule has 23 heavy (non-hydrogen) atoms. The molecule has 0 atom stereocenters. The van der Waals surface area contributed by atoms with Crippen LogP contribution in [0.2, 0.25) is 0 Å². The molecular formula is C13H20N4O6. The third kappa shape index (κ3) is 3.96. The minimum atomic E-state index is -2.13. The molecule has 0 spiro atoms. The molecule has 0 fully saturated rings. The minimum absolute atomic E-state index is 0.00477. The Morgan fingerprint density at radius 3 is 2.09 bits per heavy atom. The van der Waals surface area contributed by atoms with Gasteiger partial charge in [-0.1, -0.05) is 4.85 Å². The van der Waals surface area contributed by atoms with E-state index in [1.165, 1.54) is 6.92 Å². The molecule has 10 nitrogen and oxygen atoms in total. The highest BCUT2D eigenvalue weighted by Crippen LogP contribution is 2.19. The van der Waals surface area contributed by atoms with Gasteiger partial charge in [0.1, 0.15) is 5.69 Å². The highest BCUT2D eigenvalue weighted by molar-refractivity contribution is 6.08. The quantitative estimate of drug-likeness (QED) is 0.384. The number of carbonyl (C=O) groups excluding carboxylic acids is 3. The van der Waals surface area contributed by atoms with Gasteiger partial charge in [-0.25, -0.2) is 9.59 Å². The van der Waals surface area contributed by atoms with E-state index in [4.69, 9.17) is 9.47 Å². The van der Waals surface area contributed by atoms with E-state index in [1.54, 1.807) is 13.8 Å². The second-order valence-electron chi connectivity index (χ2n) is 4.72. The van der Waals surface area contributed by atoms with Crippen molar-refractivity contribution in [1.82, 2.24) is 20.5 Å². The van der Waals surface area contributed by atoms with E-state index in [9.17, 15) is 19.6 Å². The van der Waals surface area contributed by atoms with E-state index in [0.717, 1.165) is 6.92 Å². The second kappa shape index (κ2) is 7.56. The molecule has 2 N–H and O–H groups in total. The van der Waals surface area contributed by atoms with Gasteiger partial charge in [-0.15, -0.1) is 5.10 Å². The van der Waals surface area contributed by atoms with Crippen molar-refractivity contribution in [3.63, 3.8) is 0 Å². The summed E-state index contributed by atoms with van der Waals surface area (Å²) in [6, 6.07) is 0. The molecule has 0 saturated carbocycles. The van der Waals surface area contributed by atoms with Crippen molar-refractivity contribution in [3.8, 4) is 0 Å². The number of hydrogen-bond acceptors (Lipinski definition) is 8. The first-order valence-corrected chi connectivity index (χ1v) is 7.02. The smallest absolute Gasteiger partial charge is 0.344 e. The molecule has 0 aliphatic heterocycles. The van der Waals surface area contributed by atoms with Crippen LogP contribution >= 0.6 is 0 Å². The fourth-order valence-electron chi connectivity index (χ4n) is 2.00. The summed E-state index contributed by atoms with van der Waals surface area (Å²) in [5.74, 6) is -2.62. The molecule has 1 rings (SSSR count). The van der Waals surface area contributed by atoms with Gasteiger partial charge < -0.3 is 20.0 Å². The van der Waals surface area contributed by atoms with Gasteiger partial charge in [-0.3, -0.25) is 4.79 Å². The molecule has 128 valence electrons. The van der Waals surface area contributed by atoms with Crippen molar-refractivity contribution in [2.45, 2.75) is 39.7 Å². The fraction of sp³-hybridized carbons (Fsp3) is 0.615. The van der Waals surface area contributed by atoms with Gasteiger partial charge in [0.05, 0.1) is 18.9 Å². The van der Waals surface area contributed by atoms with Crippen LogP contribution in [0, 0.1) is 6.92 Å². The first kappa shape index (κ1) is 18.4. The van der Waals surface area contributed by atoms with Gasteiger partial charge in [0.15, 0.2) is 0 Å². The lowest BCUT2D eigenvalue weighted by Crippen LogP contribution is -2.62. The van der Waals surface area contributed by atoms with Crippen LogP contribution in [-0.4, -0.2) is 57.0 Å². The first-order valence-electron chi connectivity index (χ1n) is 7.02. The Bertz CT molecular complexity index is 560. The highest BCUT2D eigenvalue weighted by atomic mass is 16.6. The van der Waals surface area contributed by atoms with E-state index < -0.39 is 29.8 Å². The maximum Gasteiger partial charge on any atom is 0.344 e. The molecule has 0 aliphatic carbocycles. The molecule has 0 bridgehead atoms. The third-order valence-electron chi connectivity index (χ3n) is 3.01. The van der Waals surface area contributed by atoms with E-state index in [1.807, 2.05) is 0 Å². The number of carbonyl (C=O) groups is 3. The summed E-state index contributed by atoms with van der Waals surface area (Å²) in [6.45, 7) is 5.79. The predicted octanol–water partition coefficient (Wildman–Crippen LogP) is -0.633. The van der Waals surface area contributed by atoms with Crippen LogP contribution in [0.25, 0.3) is 0 Å². The second-order valence-corrected chi connectivity index (χ2v) is 4.72. The summed E-state index contributed by atoms with van der Waals surface area (Å²) >= 11 is 0. The Balaban J connectivity index is 3.38. The van der Waals surface area contributed by atoms with E-state index in [0.29, 0.717) is 4.85 Å². The van der Waals surface area contributed by atoms with Gasteiger partial charge in [0.25, 0.3) is 0 Å². The molecule has 1 heterocycles. The van der Waals surface area contributed by atoms with Crippen LogP contribution in [0.3, 0.4) is 0 Å². The Morgan fingerprint density at radius 1 is 1.22 bits per heavy atom. The Morgan fingerprint density at radius 2 is 1.74 bits per heavy atom. The maximum absolute atomic E-state index is 12.4. The number of nitrogens with zero attached hydrogens (tertiary/aromatic N) is 3. The molecule has 0 aliphatic rings. The molecule has 0 saturated heterocycles. The van der Waals surface area contributed by atoms with Crippen molar-refractivity contribution in [3.05, 3.63) is 11.4 Å². The predicted molar refractivity (Wildman–Crippen MR) is 75.5 cm³/mol. The van der Waals surface area contributed by atoms with Crippen LogP contribution in [0.15, 0.2) is 0 Å². The maximum atomic E-state index is 12.4. The largest absolute Gasteiger partial charge is 0.464 e. The molecule has 10 heteroatoms. The summed E-state index contributed by atoms with van der Waals surface area (Å²) in [4.78, 5) is 36.8. The minimum Gasteiger partial charge on any atom is -0.464 e. The topological polar surface area (TPSA) is 133 Å². The summed E-state index contributed by atoms with van der Waals surface area (Å²) in [7, 11) is 0. The zero-order chi connectivity index (χ0) is 17.6. The molecule has 1 aromatic heterocycles. The number of aryl methyl sites for hydroxylation is 1. The molecular weight excluding hydrogens is 308 g/mol. The van der Waals surface area contributed by atoms with Crippen molar-refractivity contribution in [2.75, 3.05) is 13.2 Å². The van der Waals surface area contributed by atoms with Gasteiger partial charge in [-0.05, 0) is 26.0 Å². The first-order chi connectivity index (χ1) is 10.8. The van der Waals surface area contributed by atoms with Crippen molar-refractivity contribution >= 4 is 17.8 Å². The SMILES string of the molecule is CCOC(=O)C(Cc1c(C)nnn1O)(NC(C)=O)C(=O)OCC. The summed E-state index contributed by atoms with van der Waals surface area (Å²) in [5, 5.41) is 19.0. The van der Waals surface area contributed by atoms with E-state index >= 15 is 0 Å². The van der Waals surface area contributed by atoms with Gasteiger partial charge >= 0.3 is 11.9 Å². The van der Waals surface area contributed by atoms with E-state index in [-0.39, 0.29) is 24.6 Å². The van der Waals surface area contributed by atoms with Crippen LogP contribution in [0.5, 0.6) is 0 Å². The summed E-state index contributed by atoms with van der Waals surface area (Å²) in [5.41, 5.74) is -1.78. The van der Waals surface area contributed by atoms with Crippen molar-refractivity contribution in [1.29, 1.82) is 0 Å². The molecule has 1 amide bonds. The lowest BCUT2D eigenvalue weighted by atomic mass is 9.92. The Labute approximate surface area is 132 Å². The lowest BCUT2D eigenvalue weighted by molar-refractivity contribution is -0.168. The zero-order valence-electron chi connectivity index (χ0n) is 13.5. The molecule has 1 aromatic rings. The van der Waals surface area contributed by atoms with Crippen LogP contribution in [0.4, 0.5) is 0 Å². The fourth-order valence-corrected chi connectivity index (χ4v) is 2.00. The number of rotatable bonds is 7. The zero-order valence-corrected chi connectivity index (χ0v) is 13.5. The van der Waals surface area contributed by atoms with Crippen molar-refractivity contribution < 1.29 is 29.1 Å². The number of hydrogen-bond donors (Lipinski definition) is 2. The third-order valence-corrected chi connectivity index (χ3v) is 3.01. The van der Waals surface area contributed by atoms with Crippen LogP contribution in [0.1, 0.15) is 32.2 Å². The average Bonchev–Trinajstić information content (AvgIpc) is 2.78. The van der Waals surface area contributed by atoms with Crippen LogP contribution < -0.4 is 5.32 Å². The number of amides is 1. The van der Waals surface area contributed by atoms with Gasteiger partial charge in [0, 0.05) is 13.3 Å². The molecule has 0 aromatic carbocycles. The van der Waals surface area contributed by atoms with Gasteiger partial charge in [-0.2, -0.15) is 0 Å². The molecule has 0 radical (unpaired) electrons. The Hall–Kier alpha value is -2.65. The van der Waals surface area contributed by atoms with Crippen molar-refractivity contribution in [2.24, 2.45) is 0 Å².